The Balaban J connectivity index is 2.71. The molecule has 1 unspecified atom stereocenters. The number of rotatable bonds is 4. The molecule has 0 fully saturated rings. The Kier molecular flexibility index (Phi) is 3.48. The predicted molar refractivity (Wildman–Crippen MR) is 52.2 cm³/mol. The van der Waals surface area contributed by atoms with Crippen LogP contribution in [-0.2, 0) is 7.05 Å². The van der Waals surface area contributed by atoms with Gasteiger partial charge in [0.05, 0.1) is 12.0 Å². The van der Waals surface area contributed by atoms with Gasteiger partial charge in [-0.3, -0.25) is 0 Å². The molecule has 0 aliphatic heterocycles. The van der Waals surface area contributed by atoms with Gasteiger partial charge < -0.3 is 9.67 Å². The molecular formula is C10H18N2O. The Labute approximate surface area is 79.4 Å². The van der Waals surface area contributed by atoms with Crippen LogP contribution in [0.3, 0.4) is 0 Å². The Morgan fingerprint density at radius 2 is 2.08 bits per heavy atom. The van der Waals surface area contributed by atoms with Crippen LogP contribution in [0.15, 0.2) is 12.5 Å². The van der Waals surface area contributed by atoms with Crippen molar-refractivity contribution < 1.29 is 5.11 Å². The first-order chi connectivity index (χ1) is 6.19. The molecule has 1 N–H and O–H groups in total. The molecule has 0 aliphatic rings. The van der Waals surface area contributed by atoms with E-state index in [1.54, 1.807) is 6.33 Å². The third-order valence-electron chi connectivity index (χ3n) is 2.52. The van der Waals surface area contributed by atoms with Crippen molar-refractivity contribution in [3.63, 3.8) is 0 Å². The number of hydrogen-bond donors (Lipinski definition) is 1. The molecule has 0 saturated heterocycles. The summed E-state index contributed by atoms with van der Waals surface area (Å²) in [4.78, 5) is 4.15. The zero-order chi connectivity index (χ0) is 9.84. The molecule has 13 heavy (non-hydrogen) atoms. The second-order valence-corrected chi connectivity index (χ2v) is 3.49. The normalized spacial score (nSPS) is 13.6. The summed E-state index contributed by atoms with van der Waals surface area (Å²) >= 11 is 0. The molecule has 0 aliphatic carbocycles. The molecule has 1 rings (SSSR count). The molecule has 0 radical (unpaired) electrons. The summed E-state index contributed by atoms with van der Waals surface area (Å²) in [6, 6.07) is 0. The predicted octanol–water partition coefficient (Wildman–Crippen LogP) is 1.89. The van der Waals surface area contributed by atoms with Gasteiger partial charge in [0.25, 0.3) is 0 Å². The van der Waals surface area contributed by atoms with Crippen LogP contribution < -0.4 is 0 Å². The molecule has 0 aromatic carbocycles. The molecule has 3 nitrogen and oxygen atoms in total. The van der Waals surface area contributed by atoms with Crippen LogP contribution in [0.5, 0.6) is 0 Å². The number of aryl methyl sites for hydroxylation is 1. The number of aliphatic hydroxyl groups is 1. The second kappa shape index (κ2) is 4.42. The monoisotopic (exact) mass is 182 g/mol. The molecule has 74 valence electrons. The Bertz CT molecular complexity index is 253. The number of aliphatic hydroxyl groups excluding tert-OH is 1. The van der Waals surface area contributed by atoms with E-state index in [0.29, 0.717) is 5.92 Å². The van der Waals surface area contributed by atoms with Crippen LogP contribution in [-0.4, -0.2) is 14.7 Å². The van der Waals surface area contributed by atoms with Crippen LogP contribution in [0.4, 0.5) is 0 Å². The first-order valence-electron chi connectivity index (χ1n) is 4.85. The zero-order valence-electron chi connectivity index (χ0n) is 8.57. The molecule has 0 saturated carbocycles. The topological polar surface area (TPSA) is 38.0 Å². The second-order valence-electron chi connectivity index (χ2n) is 3.49. The van der Waals surface area contributed by atoms with Crippen molar-refractivity contribution in [2.45, 2.75) is 32.8 Å². The van der Waals surface area contributed by atoms with E-state index >= 15 is 0 Å². The van der Waals surface area contributed by atoms with E-state index in [1.807, 2.05) is 17.8 Å². The van der Waals surface area contributed by atoms with Gasteiger partial charge in [0, 0.05) is 13.2 Å². The maximum absolute atomic E-state index is 9.92. The highest BCUT2D eigenvalue weighted by molar-refractivity contribution is 5.01. The fourth-order valence-electron chi connectivity index (χ4n) is 1.56. The first-order valence-corrected chi connectivity index (χ1v) is 4.85. The molecule has 3 heteroatoms. The van der Waals surface area contributed by atoms with Crippen LogP contribution in [0, 0.1) is 5.92 Å². The van der Waals surface area contributed by atoms with E-state index in [2.05, 4.69) is 18.8 Å². The summed E-state index contributed by atoms with van der Waals surface area (Å²) in [5.41, 5.74) is 0.788. The highest BCUT2D eigenvalue weighted by atomic mass is 16.3. The van der Waals surface area contributed by atoms with Gasteiger partial charge in [-0.25, -0.2) is 4.98 Å². The minimum absolute atomic E-state index is 0.329. The Morgan fingerprint density at radius 3 is 2.46 bits per heavy atom. The van der Waals surface area contributed by atoms with Crippen molar-refractivity contribution in [3.05, 3.63) is 18.2 Å². The third kappa shape index (κ3) is 2.31. The number of hydrogen-bond acceptors (Lipinski definition) is 2. The van der Waals surface area contributed by atoms with Crippen LogP contribution in [0.1, 0.15) is 38.5 Å². The number of imidazole rings is 1. The number of aromatic nitrogens is 2. The molecule has 0 amide bonds. The fourth-order valence-corrected chi connectivity index (χ4v) is 1.56. The summed E-state index contributed by atoms with van der Waals surface area (Å²) in [6.07, 6.45) is 5.18. The number of nitrogens with zero attached hydrogens (tertiary/aromatic N) is 2. The maximum Gasteiger partial charge on any atom is 0.100 e. The third-order valence-corrected chi connectivity index (χ3v) is 2.52. The minimum atomic E-state index is -0.406. The van der Waals surface area contributed by atoms with E-state index in [9.17, 15) is 5.11 Å². The lowest BCUT2D eigenvalue weighted by Gasteiger charge is -2.17. The van der Waals surface area contributed by atoms with Crippen molar-refractivity contribution in [1.29, 1.82) is 0 Å². The highest BCUT2D eigenvalue weighted by Gasteiger charge is 2.19. The van der Waals surface area contributed by atoms with Gasteiger partial charge in [0.1, 0.15) is 6.10 Å². The molecule has 1 atom stereocenters. The smallest absolute Gasteiger partial charge is 0.100 e. The van der Waals surface area contributed by atoms with Gasteiger partial charge in [-0.2, -0.15) is 0 Å². The van der Waals surface area contributed by atoms with Crippen molar-refractivity contribution in [1.82, 2.24) is 9.55 Å². The van der Waals surface area contributed by atoms with Crippen LogP contribution >= 0.6 is 0 Å². The first kappa shape index (κ1) is 10.3. The lowest BCUT2D eigenvalue weighted by Crippen LogP contribution is -2.11. The van der Waals surface area contributed by atoms with Crippen molar-refractivity contribution >= 4 is 0 Å². The largest absolute Gasteiger partial charge is 0.386 e. The van der Waals surface area contributed by atoms with E-state index in [-0.39, 0.29) is 0 Å². The molecule has 1 aromatic heterocycles. The fraction of sp³-hybridized carbons (Fsp3) is 0.700. The van der Waals surface area contributed by atoms with E-state index in [4.69, 9.17) is 0 Å². The van der Waals surface area contributed by atoms with Crippen molar-refractivity contribution in [2.75, 3.05) is 0 Å². The summed E-state index contributed by atoms with van der Waals surface area (Å²) in [5.74, 6) is 0.329. The Hall–Kier alpha value is -0.830. The van der Waals surface area contributed by atoms with Gasteiger partial charge in [-0.1, -0.05) is 26.7 Å². The van der Waals surface area contributed by atoms with Gasteiger partial charge in [0.15, 0.2) is 0 Å². The maximum atomic E-state index is 9.92. The summed E-state index contributed by atoms with van der Waals surface area (Å²) in [5, 5.41) is 9.92. The lowest BCUT2D eigenvalue weighted by molar-refractivity contribution is 0.0994. The quantitative estimate of drug-likeness (QED) is 0.772. The SMILES string of the molecule is CCC(CC)C(O)c1cn(C)cn1. The average Bonchev–Trinajstić information content (AvgIpc) is 2.54. The summed E-state index contributed by atoms with van der Waals surface area (Å²) < 4.78 is 1.86. The molecule has 1 heterocycles. The van der Waals surface area contributed by atoms with Gasteiger partial charge in [-0.15, -0.1) is 0 Å². The van der Waals surface area contributed by atoms with Crippen LogP contribution in [0.25, 0.3) is 0 Å². The molecular weight excluding hydrogens is 164 g/mol. The van der Waals surface area contributed by atoms with Crippen molar-refractivity contribution in [3.8, 4) is 0 Å². The van der Waals surface area contributed by atoms with Crippen LogP contribution in [0.2, 0.25) is 0 Å². The van der Waals surface area contributed by atoms with Crippen molar-refractivity contribution in [2.24, 2.45) is 13.0 Å². The van der Waals surface area contributed by atoms with Gasteiger partial charge in [-0.05, 0) is 5.92 Å². The molecule has 1 aromatic rings. The highest BCUT2D eigenvalue weighted by Crippen LogP contribution is 2.25. The Morgan fingerprint density at radius 1 is 1.46 bits per heavy atom. The zero-order valence-corrected chi connectivity index (χ0v) is 8.57. The summed E-state index contributed by atoms with van der Waals surface area (Å²) in [7, 11) is 1.91. The van der Waals surface area contributed by atoms with E-state index in [1.165, 1.54) is 0 Å². The minimum Gasteiger partial charge on any atom is -0.386 e. The lowest BCUT2D eigenvalue weighted by atomic mass is 9.95. The van der Waals surface area contributed by atoms with Gasteiger partial charge in [0.2, 0.25) is 0 Å². The summed E-state index contributed by atoms with van der Waals surface area (Å²) in [6.45, 7) is 4.20. The van der Waals surface area contributed by atoms with E-state index < -0.39 is 6.10 Å². The molecule has 0 spiro atoms. The standard InChI is InChI=1S/C10H18N2O/c1-4-8(5-2)10(13)9-6-12(3)7-11-9/h6-8,10,13H,4-5H2,1-3H3. The molecule has 0 bridgehead atoms. The van der Waals surface area contributed by atoms with E-state index in [0.717, 1.165) is 18.5 Å². The van der Waals surface area contributed by atoms with Gasteiger partial charge >= 0.3 is 0 Å². The average molecular weight is 182 g/mol.